The molecule has 2 heterocycles. The molecular formula is C80H50O2. The van der Waals surface area contributed by atoms with Crippen LogP contribution >= 0.6 is 0 Å². The molecule has 2 aromatic heterocycles. The Kier molecular flexibility index (Phi) is 11.2. The van der Waals surface area contributed by atoms with Crippen molar-refractivity contribution in [3.8, 4) is 66.8 Å². The van der Waals surface area contributed by atoms with Crippen molar-refractivity contribution in [2.24, 2.45) is 0 Å². The highest BCUT2D eigenvalue weighted by atomic mass is 16.3. The maximum absolute atomic E-state index is 6.59. The average Bonchev–Trinajstić information content (AvgIpc) is 3.51. The van der Waals surface area contributed by atoms with Gasteiger partial charge in [-0.1, -0.05) is 273 Å². The minimum atomic E-state index is 0.904. The van der Waals surface area contributed by atoms with E-state index in [0.29, 0.717) is 0 Å². The van der Waals surface area contributed by atoms with Gasteiger partial charge in [0.05, 0.1) is 0 Å². The van der Waals surface area contributed by atoms with Crippen molar-refractivity contribution in [1.82, 2.24) is 0 Å². The van der Waals surface area contributed by atoms with Gasteiger partial charge in [-0.15, -0.1) is 0 Å². The lowest BCUT2D eigenvalue weighted by molar-refractivity contribution is 0.669. The maximum Gasteiger partial charge on any atom is 0.143 e. The lowest BCUT2D eigenvalue weighted by Crippen LogP contribution is -1.90. The summed E-state index contributed by atoms with van der Waals surface area (Å²) in [5.41, 5.74) is 18.2. The number of benzene rings is 15. The third-order valence-corrected chi connectivity index (χ3v) is 16.7. The summed E-state index contributed by atoms with van der Waals surface area (Å²) >= 11 is 0. The summed E-state index contributed by atoms with van der Waals surface area (Å²) in [7, 11) is 0. The van der Waals surface area contributed by atoms with E-state index in [2.05, 4.69) is 297 Å². The standard InChI is InChI=1S/C42H26O.C38H24O/c1-2-12-28(13-3-1)40-33-15-6-8-17-35(33)41(36-18-9-7-16-34(36)40)31-23-24-39-38(26-31)37-20-10-19-32(42(37)43-39)30-22-21-27-11-4-5-14-29(27)25-30;1-3-12-25(13-4-1)28-20-11-21-33-34-24-27(22-23-35(34)39-38(28)33)37-31-18-9-7-16-29(31)36(26-14-5-2-6-15-26)30-17-8-10-19-32(30)37/h1-26H;1-24H. The zero-order valence-corrected chi connectivity index (χ0v) is 44.7. The monoisotopic (exact) mass is 1040 g/mol. The van der Waals surface area contributed by atoms with Crippen molar-refractivity contribution < 1.29 is 8.83 Å². The van der Waals surface area contributed by atoms with Crippen molar-refractivity contribution in [3.63, 3.8) is 0 Å². The lowest BCUT2D eigenvalue weighted by atomic mass is 9.86. The van der Waals surface area contributed by atoms with Gasteiger partial charge in [-0.2, -0.15) is 0 Å². The molecule has 0 bridgehead atoms. The Morgan fingerprint density at radius 2 is 0.488 bits per heavy atom. The smallest absolute Gasteiger partial charge is 0.143 e. The first kappa shape index (κ1) is 47.2. The number of para-hydroxylation sites is 2. The first-order chi connectivity index (χ1) is 40.7. The normalized spacial score (nSPS) is 11.7. The van der Waals surface area contributed by atoms with Gasteiger partial charge in [0.15, 0.2) is 0 Å². The molecule has 15 aromatic carbocycles. The molecule has 0 amide bonds. The molecule has 0 spiro atoms. The highest BCUT2D eigenvalue weighted by Gasteiger charge is 2.21. The lowest BCUT2D eigenvalue weighted by Gasteiger charge is -2.17. The van der Waals surface area contributed by atoms with Crippen LogP contribution in [0.3, 0.4) is 0 Å². The van der Waals surface area contributed by atoms with Crippen LogP contribution < -0.4 is 0 Å². The zero-order chi connectivity index (χ0) is 54.1. The van der Waals surface area contributed by atoms with Crippen LogP contribution in [0.5, 0.6) is 0 Å². The third-order valence-electron chi connectivity index (χ3n) is 16.7. The largest absolute Gasteiger partial charge is 0.455 e. The molecule has 0 aliphatic heterocycles. The van der Waals surface area contributed by atoms with Gasteiger partial charge in [0.1, 0.15) is 22.3 Å². The first-order valence-corrected chi connectivity index (χ1v) is 28.1. The molecule has 82 heavy (non-hydrogen) atoms. The second-order valence-electron chi connectivity index (χ2n) is 21.3. The Morgan fingerprint density at radius 1 is 0.171 bits per heavy atom. The van der Waals surface area contributed by atoms with Crippen molar-refractivity contribution in [1.29, 1.82) is 0 Å². The molecule has 17 aromatic rings. The average molecular weight is 1040 g/mol. The molecule has 2 nitrogen and oxygen atoms in total. The summed E-state index contributed by atoms with van der Waals surface area (Å²) in [6.45, 7) is 0. The number of rotatable bonds is 6. The molecule has 2 heteroatoms. The fraction of sp³-hybridized carbons (Fsp3) is 0. The minimum absolute atomic E-state index is 0.904. The second kappa shape index (κ2) is 19.5. The van der Waals surface area contributed by atoms with Gasteiger partial charge in [0.25, 0.3) is 0 Å². The molecule has 0 unspecified atom stereocenters. The molecule has 0 aliphatic carbocycles. The van der Waals surface area contributed by atoms with Crippen molar-refractivity contribution in [3.05, 3.63) is 303 Å². The summed E-state index contributed by atoms with van der Waals surface area (Å²) in [6.07, 6.45) is 0. The van der Waals surface area contributed by atoms with Gasteiger partial charge >= 0.3 is 0 Å². The van der Waals surface area contributed by atoms with E-state index in [1.807, 2.05) is 6.07 Å². The number of fused-ring (bicyclic) bond motifs is 11. The van der Waals surface area contributed by atoms with Gasteiger partial charge < -0.3 is 8.83 Å². The van der Waals surface area contributed by atoms with E-state index in [-0.39, 0.29) is 0 Å². The van der Waals surface area contributed by atoms with Gasteiger partial charge in [-0.05, 0) is 140 Å². The predicted octanol–water partition coefficient (Wildman–Crippen LogP) is 22.9. The molecule has 0 radical (unpaired) electrons. The highest BCUT2D eigenvalue weighted by Crippen LogP contribution is 2.48. The molecule has 0 fully saturated rings. The van der Waals surface area contributed by atoms with Crippen molar-refractivity contribution in [2.75, 3.05) is 0 Å². The van der Waals surface area contributed by atoms with Crippen LogP contribution in [0.15, 0.2) is 312 Å². The van der Waals surface area contributed by atoms with Crippen LogP contribution in [-0.4, -0.2) is 0 Å². The van der Waals surface area contributed by atoms with Crippen molar-refractivity contribution in [2.45, 2.75) is 0 Å². The topological polar surface area (TPSA) is 26.3 Å². The third kappa shape index (κ3) is 7.80. The van der Waals surface area contributed by atoms with E-state index in [4.69, 9.17) is 8.83 Å². The molecule has 0 saturated carbocycles. The molecule has 382 valence electrons. The summed E-state index contributed by atoms with van der Waals surface area (Å²) in [6, 6.07) is 109. The predicted molar refractivity (Wildman–Crippen MR) is 348 cm³/mol. The fourth-order valence-corrected chi connectivity index (χ4v) is 13.0. The van der Waals surface area contributed by atoms with Gasteiger partial charge in [0, 0.05) is 32.7 Å². The zero-order valence-electron chi connectivity index (χ0n) is 44.7. The Morgan fingerprint density at radius 3 is 0.902 bits per heavy atom. The Balaban J connectivity index is 0.000000136. The summed E-state index contributed by atoms with van der Waals surface area (Å²) in [4.78, 5) is 0. The van der Waals surface area contributed by atoms with Crippen LogP contribution in [0.25, 0.3) is 165 Å². The minimum Gasteiger partial charge on any atom is -0.455 e. The van der Waals surface area contributed by atoms with Crippen LogP contribution in [0.2, 0.25) is 0 Å². The molecule has 0 saturated heterocycles. The fourth-order valence-electron chi connectivity index (χ4n) is 13.0. The SMILES string of the molecule is c1ccc(-c2c3ccccc3c(-c3ccc4oc5c(-c6ccc7ccccc7c6)cccc5c4c3)c3ccccc23)cc1.c1ccc(-c2c3ccccc3c(-c3ccc4oc5c(-c6ccccc6)cccc5c4c3)c3ccccc23)cc1. The number of furan rings is 2. The van der Waals surface area contributed by atoms with Crippen molar-refractivity contribution >= 4 is 97.7 Å². The Bertz CT molecular complexity index is 5210. The molecule has 0 N–H and O–H groups in total. The van der Waals surface area contributed by atoms with Gasteiger partial charge in [-0.3, -0.25) is 0 Å². The Labute approximate surface area is 474 Å². The van der Waals surface area contributed by atoms with E-state index in [9.17, 15) is 0 Å². The van der Waals surface area contributed by atoms with Crippen LogP contribution in [-0.2, 0) is 0 Å². The number of hydrogen-bond acceptors (Lipinski definition) is 2. The second-order valence-corrected chi connectivity index (χ2v) is 21.3. The highest BCUT2D eigenvalue weighted by molar-refractivity contribution is 6.24. The molecule has 0 atom stereocenters. The van der Waals surface area contributed by atoms with Crippen LogP contribution in [0, 0.1) is 0 Å². The first-order valence-electron chi connectivity index (χ1n) is 28.1. The quantitative estimate of drug-likeness (QED) is 0.155. The Hall–Kier alpha value is -10.8. The molecule has 17 rings (SSSR count). The molecule has 0 aliphatic rings. The maximum atomic E-state index is 6.59. The van der Waals surface area contributed by atoms with E-state index < -0.39 is 0 Å². The summed E-state index contributed by atoms with van der Waals surface area (Å²) in [5.74, 6) is 0. The van der Waals surface area contributed by atoms with E-state index in [1.165, 1.54) is 98.4 Å². The molecular weight excluding hydrogens is 993 g/mol. The van der Waals surface area contributed by atoms with Crippen LogP contribution in [0.4, 0.5) is 0 Å². The number of hydrogen-bond donors (Lipinski definition) is 0. The van der Waals surface area contributed by atoms with Gasteiger partial charge in [-0.25, -0.2) is 0 Å². The summed E-state index contributed by atoms with van der Waals surface area (Å²) in [5, 5.41) is 17.1. The summed E-state index contributed by atoms with van der Waals surface area (Å²) < 4.78 is 13.1. The van der Waals surface area contributed by atoms with E-state index in [0.717, 1.165) is 66.1 Å². The van der Waals surface area contributed by atoms with Crippen LogP contribution in [0.1, 0.15) is 0 Å². The van der Waals surface area contributed by atoms with E-state index in [1.54, 1.807) is 0 Å². The van der Waals surface area contributed by atoms with E-state index >= 15 is 0 Å². The van der Waals surface area contributed by atoms with Gasteiger partial charge in [0.2, 0.25) is 0 Å².